The maximum absolute atomic E-state index is 12.4. The predicted octanol–water partition coefficient (Wildman–Crippen LogP) is 1.65. The number of primary amides is 1. The lowest BCUT2D eigenvalue weighted by Crippen LogP contribution is -2.45. The first-order valence-corrected chi connectivity index (χ1v) is 8.22. The summed E-state index contributed by atoms with van der Waals surface area (Å²) in [6, 6.07) is 4.38. The van der Waals surface area contributed by atoms with Crippen LogP contribution < -0.4 is 16.4 Å². The maximum atomic E-state index is 12.4. The Morgan fingerprint density at radius 2 is 2.12 bits per heavy atom. The molecule has 0 aromatic heterocycles. The molecule has 8 nitrogen and oxygen atoms in total. The lowest BCUT2D eigenvalue weighted by atomic mass is 9.98. The lowest BCUT2D eigenvalue weighted by Gasteiger charge is -2.31. The molecule has 1 saturated heterocycles. The highest BCUT2D eigenvalue weighted by Gasteiger charge is 2.27. The number of piperidine rings is 1. The number of carbonyl (C=O) groups is 3. The van der Waals surface area contributed by atoms with E-state index in [1.807, 2.05) is 0 Å². The summed E-state index contributed by atoms with van der Waals surface area (Å²) in [6.45, 7) is 0.743. The van der Waals surface area contributed by atoms with Gasteiger partial charge < -0.3 is 26.0 Å². The maximum Gasteiger partial charge on any atom is 0.321 e. The minimum absolute atomic E-state index is 0.0768. The van der Waals surface area contributed by atoms with Crippen molar-refractivity contribution >= 4 is 40.8 Å². The van der Waals surface area contributed by atoms with Crippen molar-refractivity contribution in [1.29, 1.82) is 0 Å². The topological polar surface area (TPSA) is 114 Å². The second-order valence-corrected chi connectivity index (χ2v) is 6.20. The number of urea groups is 1. The Kier molecular flexibility index (Phi) is 6.60. The van der Waals surface area contributed by atoms with Gasteiger partial charge in [0, 0.05) is 25.9 Å². The zero-order valence-corrected chi connectivity index (χ0v) is 14.6. The van der Waals surface area contributed by atoms with Crippen LogP contribution in [-0.2, 0) is 14.3 Å². The fourth-order valence-electron chi connectivity index (χ4n) is 2.62. The molecule has 1 aromatic carbocycles. The molecule has 1 fully saturated rings. The molecule has 1 atom stereocenters. The molecule has 0 saturated carbocycles. The molecule has 0 aliphatic carbocycles. The summed E-state index contributed by atoms with van der Waals surface area (Å²) in [7, 11) is 1.42. The number of hydrogen-bond donors (Lipinski definition) is 3. The molecule has 25 heavy (non-hydrogen) atoms. The minimum Gasteiger partial charge on any atom is -0.375 e. The van der Waals surface area contributed by atoms with Crippen molar-refractivity contribution in [3.8, 4) is 0 Å². The van der Waals surface area contributed by atoms with E-state index in [0.717, 1.165) is 0 Å². The zero-order valence-electron chi connectivity index (χ0n) is 13.9. The molecule has 4 N–H and O–H groups in total. The van der Waals surface area contributed by atoms with Gasteiger partial charge in [-0.15, -0.1) is 0 Å². The van der Waals surface area contributed by atoms with Crippen molar-refractivity contribution in [2.45, 2.75) is 12.8 Å². The summed E-state index contributed by atoms with van der Waals surface area (Å²) in [4.78, 5) is 36.9. The van der Waals surface area contributed by atoms with Gasteiger partial charge in [0.25, 0.3) is 0 Å². The Labute approximate surface area is 150 Å². The summed E-state index contributed by atoms with van der Waals surface area (Å²) in [5.74, 6) is -1.06. The molecular formula is C16H21ClN4O4. The Morgan fingerprint density at radius 1 is 1.36 bits per heavy atom. The largest absolute Gasteiger partial charge is 0.375 e. The number of likely N-dealkylation sites (tertiary alicyclic amines) is 1. The average molecular weight is 369 g/mol. The molecule has 1 heterocycles. The normalized spacial score (nSPS) is 17.0. The minimum atomic E-state index is -0.404. The number of halogens is 1. The summed E-state index contributed by atoms with van der Waals surface area (Å²) >= 11 is 6.11. The van der Waals surface area contributed by atoms with E-state index in [4.69, 9.17) is 22.1 Å². The number of nitrogens with zero attached hydrogens (tertiary/aromatic N) is 1. The van der Waals surface area contributed by atoms with Crippen LogP contribution in [0.15, 0.2) is 18.2 Å². The van der Waals surface area contributed by atoms with Crippen LogP contribution in [0.1, 0.15) is 12.8 Å². The Bertz CT molecular complexity index is 668. The van der Waals surface area contributed by atoms with E-state index in [1.54, 1.807) is 18.2 Å². The second-order valence-electron chi connectivity index (χ2n) is 5.79. The summed E-state index contributed by atoms with van der Waals surface area (Å²) < 4.78 is 4.75. The molecule has 9 heteroatoms. The lowest BCUT2D eigenvalue weighted by molar-refractivity contribution is -0.123. The number of methoxy groups -OCH3 is 1. The van der Waals surface area contributed by atoms with E-state index in [1.165, 1.54) is 12.0 Å². The molecule has 0 spiro atoms. The quantitative estimate of drug-likeness (QED) is 0.733. The number of rotatable bonds is 5. The van der Waals surface area contributed by atoms with E-state index in [0.29, 0.717) is 35.8 Å². The zero-order chi connectivity index (χ0) is 18.4. The van der Waals surface area contributed by atoms with Gasteiger partial charge in [-0.3, -0.25) is 9.59 Å². The van der Waals surface area contributed by atoms with Crippen molar-refractivity contribution in [3.63, 3.8) is 0 Å². The number of benzene rings is 1. The predicted molar refractivity (Wildman–Crippen MR) is 94.5 cm³/mol. The Morgan fingerprint density at radius 3 is 2.80 bits per heavy atom. The molecule has 0 bridgehead atoms. The van der Waals surface area contributed by atoms with Crippen LogP contribution in [0.2, 0.25) is 5.02 Å². The van der Waals surface area contributed by atoms with Crippen molar-refractivity contribution in [2.75, 3.05) is 37.4 Å². The van der Waals surface area contributed by atoms with Gasteiger partial charge in [0.2, 0.25) is 11.8 Å². The van der Waals surface area contributed by atoms with E-state index < -0.39 is 5.91 Å². The molecule has 136 valence electrons. The van der Waals surface area contributed by atoms with Crippen LogP contribution in [0.3, 0.4) is 0 Å². The molecular weight excluding hydrogens is 348 g/mol. The highest BCUT2D eigenvalue weighted by molar-refractivity contribution is 6.33. The number of anilines is 2. The van der Waals surface area contributed by atoms with Crippen LogP contribution in [0.5, 0.6) is 0 Å². The first-order chi connectivity index (χ1) is 11.9. The summed E-state index contributed by atoms with van der Waals surface area (Å²) in [5.41, 5.74) is 6.17. The number of amides is 4. The highest BCUT2D eigenvalue weighted by Crippen LogP contribution is 2.26. The van der Waals surface area contributed by atoms with Gasteiger partial charge >= 0.3 is 6.03 Å². The van der Waals surface area contributed by atoms with Gasteiger partial charge in [0.05, 0.1) is 16.6 Å². The molecule has 1 aliphatic heterocycles. The third-order valence-electron chi connectivity index (χ3n) is 3.88. The molecule has 1 aromatic rings. The fraction of sp³-hybridized carbons (Fsp3) is 0.438. The van der Waals surface area contributed by atoms with Crippen LogP contribution >= 0.6 is 11.6 Å². The Balaban J connectivity index is 2.04. The van der Waals surface area contributed by atoms with Crippen LogP contribution in [0.4, 0.5) is 16.2 Å². The van der Waals surface area contributed by atoms with Gasteiger partial charge in [-0.2, -0.15) is 0 Å². The highest BCUT2D eigenvalue weighted by atomic mass is 35.5. The Hall–Kier alpha value is -2.32. The first kappa shape index (κ1) is 19.0. The van der Waals surface area contributed by atoms with Crippen molar-refractivity contribution in [2.24, 2.45) is 11.7 Å². The molecule has 1 aliphatic rings. The monoisotopic (exact) mass is 368 g/mol. The number of hydrogen-bond acceptors (Lipinski definition) is 4. The van der Waals surface area contributed by atoms with Crippen molar-refractivity contribution in [1.82, 2.24) is 4.90 Å². The molecule has 4 amide bonds. The van der Waals surface area contributed by atoms with Crippen LogP contribution in [0, 0.1) is 5.92 Å². The number of nitrogens with one attached hydrogen (secondary N) is 2. The fourth-order valence-corrected chi connectivity index (χ4v) is 2.78. The van der Waals surface area contributed by atoms with Crippen molar-refractivity contribution < 1.29 is 19.1 Å². The number of carbonyl (C=O) groups excluding carboxylic acids is 3. The SMILES string of the molecule is COCC(=O)Nc1ccc(Cl)c(NC(=O)N2CCC[C@@H](C(N)=O)C2)c1. The van der Waals surface area contributed by atoms with Gasteiger partial charge in [-0.1, -0.05) is 11.6 Å². The molecule has 0 radical (unpaired) electrons. The third-order valence-corrected chi connectivity index (χ3v) is 4.21. The van der Waals surface area contributed by atoms with Crippen LogP contribution in [-0.4, -0.2) is 49.6 Å². The van der Waals surface area contributed by atoms with Gasteiger partial charge in [-0.25, -0.2) is 4.79 Å². The smallest absolute Gasteiger partial charge is 0.321 e. The van der Waals surface area contributed by atoms with E-state index in [9.17, 15) is 14.4 Å². The van der Waals surface area contributed by atoms with Gasteiger partial charge in [0.15, 0.2) is 0 Å². The van der Waals surface area contributed by atoms with Gasteiger partial charge in [-0.05, 0) is 31.0 Å². The number of ether oxygens (including phenoxy) is 1. The average Bonchev–Trinajstić information content (AvgIpc) is 2.58. The molecule has 0 unspecified atom stereocenters. The van der Waals surface area contributed by atoms with E-state index >= 15 is 0 Å². The molecule has 2 rings (SSSR count). The number of nitrogens with two attached hydrogens (primary N) is 1. The second kappa shape index (κ2) is 8.68. The third kappa shape index (κ3) is 5.33. The first-order valence-electron chi connectivity index (χ1n) is 7.84. The van der Waals surface area contributed by atoms with E-state index in [2.05, 4.69) is 10.6 Å². The standard InChI is InChI=1S/C16H21ClN4O4/c1-25-9-14(22)19-11-4-5-12(17)13(7-11)20-16(24)21-6-2-3-10(8-21)15(18)23/h4-5,7,10H,2-3,6,8-9H2,1H3,(H2,18,23)(H,19,22)(H,20,24)/t10-/m1/s1. The van der Waals surface area contributed by atoms with Crippen molar-refractivity contribution in [3.05, 3.63) is 23.2 Å². The van der Waals surface area contributed by atoms with E-state index in [-0.39, 0.29) is 31.0 Å². The summed E-state index contributed by atoms with van der Waals surface area (Å²) in [6.07, 6.45) is 1.39. The summed E-state index contributed by atoms with van der Waals surface area (Å²) in [5, 5.41) is 5.68. The van der Waals surface area contributed by atoms with Gasteiger partial charge in [0.1, 0.15) is 6.61 Å². The van der Waals surface area contributed by atoms with Crippen LogP contribution in [0.25, 0.3) is 0 Å².